The number of hydrogen-bond acceptors (Lipinski definition) is 3. The van der Waals surface area contributed by atoms with Gasteiger partial charge in [0.05, 0.1) is 6.04 Å². The number of nitrogens with one attached hydrogen (secondary N) is 1. The average molecular weight is 257 g/mol. The van der Waals surface area contributed by atoms with Gasteiger partial charge in [0.15, 0.2) is 0 Å². The molecule has 1 aliphatic rings. The molecule has 1 aliphatic heterocycles. The molecule has 0 fully saturated rings. The molecule has 1 atom stereocenters. The maximum absolute atomic E-state index is 5.68. The van der Waals surface area contributed by atoms with Gasteiger partial charge < -0.3 is 14.6 Å². The van der Waals surface area contributed by atoms with E-state index in [1.165, 1.54) is 5.56 Å². The lowest BCUT2D eigenvalue weighted by Gasteiger charge is -2.15. The van der Waals surface area contributed by atoms with Crippen LogP contribution in [0.5, 0.6) is 5.75 Å². The summed E-state index contributed by atoms with van der Waals surface area (Å²) in [6.45, 7) is 6.04. The SMILES string of the molecule is CC(C)Cn1ccnc1NC1COc2ccccc21. The van der Waals surface area contributed by atoms with Crippen LogP contribution in [0.1, 0.15) is 25.5 Å². The van der Waals surface area contributed by atoms with E-state index in [0.717, 1.165) is 18.2 Å². The minimum Gasteiger partial charge on any atom is -0.491 e. The summed E-state index contributed by atoms with van der Waals surface area (Å²) in [5.74, 6) is 2.49. The number of fused-ring (bicyclic) bond motifs is 1. The van der Waals surface area contributed by atoms with Gasteiger partial charge in [-0.3, -0.25) is 0 Å². The van der Waals surface area contributed by atoms with Gasteiger partial charge in [0.1, 0.15) is 12.4 Å². The second kappa shape index (κ2) is 4.96. The summed E-state index contributed by atoms with van der Waals surface area (Å²) in [6, 6.07) is 8.35. The van der Waals surface area contributed by atoms with Crippen LogP contribution in [0.3, 0.4) is 0 Å². The van der Waals surface area contributed by atoms with Crippen molar-refractivity contribution in [3.8, 4) is 5.75 Å². The van der Waals surface area contributed by atoms with Crippen LogP contribution in [0.2, 0.25) is 0 Å². The molecule has 1 N–H and O–H groups in total. The van der Waals surface area contributed by atoms with Crippen LogP contribution >= 0.6 is 0 Å². The molecule has 100 valence electrons. The molecule has 0 radical (unpaired) electrons. The lowest BCUT2D eigenvalue weighted by Crippen LogP contribution is -2.16. The molecule has 2 aromatic rings. The zero-order valence-electron chi connectivity index (χ0n) is 11.3. The molecule has 1 unspecified atom stereocenters. The van der Waals surface area contributed by atoms with Crippen molar-refractivity contribution in [1.29, 1.82) is 0 Å². The van der Waals surface area contributed by atoms with Crippen molar-refractivity contribution >= 4 is 5.95 Å². The lowest BCUT2D eigenvalue weighted by molar-refractivity contribution is 0.339. The van der Waals surface area contributed by atoms with E-state index in [9.17, 15) is 0 Å². The molecule has 1 aromatic heterocycles. The fourth-order valence-electron chi connectivity index (χ4n) is 2.43. The number of para-hydroxylation sites is 1. The van der Waals surface area contributed by atoms with Crippen LogP contribution in [0, 0.1) is 5.92 Å². The van der Waals surface area contributed by atoms with E-state index in [1.54, 1.807) is 0 Å². The van der Waals surface area contributed by atoms with E-state index in [1.807, 2.05) is 30.6 Å². The van der Waals surface area contributed by atoms with Gasteiger partial charge in [-0.25, -0.2) is 4.98 Å². The molecule has 0 spiro atoms. The first kappa shape index (κ1) is 12.1. The highest BCUT2D eigenvalue weighted by molar-refractivity contribution is 5.44. The van der Waals surface area contributed by atoms with Gasteiger partial charge in [-0.15, -0.1) is 0 Å². The molecule has 0 bridgehead atoms. The van der Waals surface area contributed by atoms with Crippen LogP contribution in [-0.4, -0.2) is 16.2 Å². The fourth-order valence-corrected chi connectivity index (χ4v) is 2.43. The van der Waals surface area contributed by atoms with Gasteiger partial charge in [-0.1, -0.05) is 32.0 Å². The number of hydrogen-bond donors (Lipinski definition) is 1. The molecule has 0 aliphatic carbocycles. The number of nitrogens with zero attached hydrogens (tertiary/aromatic N) is 2. The minimum absolute atomic E-state index is 0.185. The molecule has 4 nitrogen and oxygen atoms in total. The normalized spacial score (nSPS) is 17.3. The number of benzene rings is 1. The largest absolute Gasteiger partial charge is 0.491 e. The third-order valence-electron chi connectivity index (χ3n) is 3.28. The summed E-state index contributed by atoms with van der Waals surface area (Å²) in [4.78, 5) is 4.40. The Labute approximate surface area is 113 Å². The van der Waals surface area contributed by atoms with E-state index in [2.05, 4.69) is 34.8 Å². The molecule has 0 saturated heterocycles. The second-order valence-electron chi connectivity index (χ2n) is 5.34. The summed E-state index contributed by atoms with van der Waals surface area (Å²) in [6.07, 6.45) is 3.86. The van der Waals surface area contributed by atoms with E-state index in [-0.39, 0.29) is 6.04 Å². The highest BCUT2D eigenvalue weighted by atomic mass is 16.5. The van der Waals surface area contributed by atoms with Gasteiger partial charge in [0, 0.05) is 24.5 Å². The van der Waals surface area contributed by atoms with Crippen LogP contribution in [0.4, 0.5) is 5.95 Å². The Morgan fingerprint density at radius 2 is 2.26 bits per heavy atom. The van der Waals surface area contributed by atoms with Gasteiger partial charge in [-0.2, -0.15) is 0 Å². The van der Waals surface area contributed by atoms with Gasteiger partial charge >= 0.3 is 0 Å². The highest BCUT2D eigenvalue weighted by Gasteiger charge is 2.24. The van der Waals surface area contributed by atoms with Crippen LogP contribution in [0.25, 0.3) is 0 Å². The van der Waals surface area contributed by atoms with E-state index >= 15 is 0 Å². The Morgan fingerprint density at radius 3 is 3.11 bits per heavy atom. The first-order chi connectivity index (χ1) is 9.24. The molecule has 0 saturated carbocycles. The smallest absolute Gasteiger partial charge is 0.203 e. The third-order valence-corrected chi connectivity index (χ3v) is 3.28. The Balaban J connectivity index is 1.78. The topological polar surface area (TPSA) is 39.1 Å². The highest BCUT2D eigenvalue weighted by Crippen LogP contribution is 2.33. The molecule has 1 aromatic carbocycles. The zero-order chi connectivity index (χ0) is 13.2. The molecular weight excluding hydrogens is 238 g/mol. The maximum Gasteiger partial charge on any atom is 0.203 e. The Hall–Kier alpha value is -1.97. The van der Waals surface area contributed by atoms with Crippen molar-refractivity contribution in [2.24, 2.45) is 5.92 Å². The Bertz CT molecular complexity index is 562. The standard InChI is InChI=1S/C15H19N3O/c1-11(2)9-18-8-7-16-15(18)17-13-10-19-14-6-4-3-5-12(13)14/h3-8,11,13H,9-10H2,1-2H3,(H,16,17). The van der Waals surface area contributed by atoms with E-state index in [4.69, 9.17) is 4.74 Å². The summed E-state index contributed by atoms with van der Waals surface area (Å²) in [5.41, 5.74) is 1.21. The van der Waals surface area contributed by atoms with Crippen molar-refractivity contribution < 1.29 is 4.74 Å². The molecule has 4 heteroatoms. The summed E-state index contributed by atoms with van der Waals surface area (Å²) in [7, 11) is 0. The molecule has 3 rings (SSSR count). The summed E-state index contributed by atoms with van der Waals surface area (Å²) in [5, 5.41) is 3.48. The molecular formula is C15H19N3O. The number of ether oxygens (including phenoxy) is 1. The monoisotopic (exact) mass is 257 g/mol. The first-order valence-electron chi connectivity index (χ1n) is 6.73. The van der Waals surface area contributed by atoms with Crippen molar-refractivity contribution in [3.05, 3.63) is 42.2 Å². The average Bonchev–Trinajstić information content (AvgIpc) is 2.98. The minimum atomic E-state index is 0.185. The molecule has 19 heavy (non-hydrogen) atoms. The predicted molar refractivity (Wildman–Crippen MR) is 75.4 cm³/mol. The quantitative estimate of drug-likeness (QED) is 0.914. The Kier molecular flexibility index (Phi) is 3.15. The van der Waals surface area contributed by atoms with E-state index in [0.29, 0.717) is 12.5 Å². The third kappa shape index (κ3) is 2.43. The Morgan fingerprint density at radius 1 is 1.42 bits per heavy atom. The predicted octanol–water partition coefficient (Wildman–Crippen LogP) is 3.08. The number of imidazole rings is 1. The molecule has 0 amide bonds. The van der Waals surface area contributed by atoms with Crippen molar-refractivity contribution in [1.82, 2.24) is 9.55 Å². The van der Waals surface area contributed by atoms with Gasteiger partial charge in [-0.05, 0) is 12.0 Å². The van der Waals surface area contributed by atoms with Crippen LogP contribution < -0.4 is 10.1 Å². The first-order valence-corrected chi connectivity index (χ1v) is 6.73. The van der Waals surface area contributed by atoms with Crippen molar-refractivity contribution in [3.63, 3.8) is 0 Å². The zero-order valence-corrected chi connectivity index (χ0v) is 11.3. The van der Waals surface area contributed by atoms with Crippen LogP contribution in [0.15, 0.2) is 36.7 Å². The molecule has 2 heterocycles. The summed E-state index contributed by atoms with van der Waals surface area (Å²) < 4.78 is 7.84. The number of rotatable bonds is 4. The van der Waals surface area contributed by atoms with E-state index < -0.39 is 0 Å². The lowest BCUT2D eigenvalue weighted by atomic mass is 10.1. The summed E-state index contributed by atoms with van der Waals surface area (Å²) >= 11 is 0. The number of aromatic nitrogens is 2. The van der Waals surface area contributed by atoms with Gasteiger partial charge in [0.25, 0.3) is 0 Å². The van der Waals surface area contributed by atoms with Gasteiger partial charge in [0.2, 0.25) is 5.95 Å². The fraction of sp³-hybridized carbons (Fsp3) is 0.400. The van der Waals surface area contributed by atoms with Crippen molar-refractivity contribution in [2.75, 3.05) is 11.9 Å². The van der Waals surface area contributed by atoms with Crippen LogP contribution in [-0.2, 0) is 6.54 Å². The maximum atomic E-state index is 5.68. The van der Waals surface area contributed by atoms with Crippen molar-refractivity contribution in [2.45, 2.75) is 26.4 Å². The number of anilines is 1. The second-order valence-corrected chi connectivity index (χ2v) is 5.34.